The van der Waals surface area contributed by atoms with E-state index in [-0.39, 0.29) is 17.8 Å². The standard InChI is InChI=1S/C21H38N4O5/c1-11(2)10-14(22)18(26)23-16(12(3)4)19(27)24-17(13(5)6)20(28)25-9-7-8-15(25)21(29)30/h11-17H,7-10,22H2,1-6H3,(H,23,26)(H,24,27)(H,29,30). The molecule has 172 valence electrons. The van der Waals surface area contributed by atoms with Crippen LogP contribution in [0.1, 0.15) is 60.8 Å². The van der Waals surface area contributed by atoms with Gasteiger partial charge < -0.3 is 26.4 Å². The van der Waals surface area contributed by atoms with Crippen molar-refractivity contribution in [2.75, 3.05) is 6.54 Å². The van der Waals surface area contributed by atoms with Crippen LogP contribution in [0, 0.1) is 17.8 Å². The highest BCUT2D eigenvalue weighted by Crippen LogP contribution is 2.20. The number of nitrogens with zero attached hydrogens (tertiary/aromatic N) is 1. The van der Waals surface area contributed by atoms with E-state index in [2.05, 4.69) is 10.6 Å². The van der Waals surface area contributed by atoms with E-state index in [0.717, 1.165) is 0 Å². The van der Waals surface area contributed by atoms with Gasteiger partial charge in [-0.25, -0.2) is 4.79 Å². The fourth-order valence-corrected chi connectivity index (χ4v) is 3.63. The Labute approximate surface area is 179 Å². The van der Waals surface area contributed by atoms with E-state index in [4.69, 9.17) is 5.73 Å². The van der Waals surface area contributed by atoms with Gasteiger partial charge in [0.15, 0.2) is 0 Å². The van der Waals surface area contributed by atoms with Gasteiger partial charge in [0.1, 0.15) is 18.1 Å². The molecule has 0 aliphatic carbocycles. The van der Waals surface area contributed by atoms with Crippen LogP contribution in [-0.2, 0) is 19.2 Å². The Morgan fingerprint density at radius 1 is 0.967 bits per heavy atom. The van der Waals surface area contributed by atoms with Gasteiger partial charge in [-0.1, -0.05) is 41.5 Å². The molecule has 1 aliphatic heterocycles. The molecule has 9 heteroatoms. The van der Waals surface area contributed by atoms with Crippen molar-refractivity contribution in [3.8, 4) is 0 Å². The van der Waals surface area contributed by atoms with Crippen molar-refractivity contribution < 1.29 is 24.3 Å². The summed E-state index contributed by atoms with van der Waals surface area (Å²) >= 11 is 0. The lowest BCUT2D eigenvalue weighted by molar-refractivity contribution is -0.150. The molecule has 9 nitrogen and oxygen atoms in total. The molecule has 1 saturated heterocycles. The van der Waals surface area contributed by atoms with Gasteiger partial charge in [0.05, 0.1) is 6.04 Å². The number of carbonyl (C=O) groups excluding carboxylic acids is 3. The van der Waals surface area contributed by atoms with Crippen molar-refractivity contribution in [3.63, 3.8) is 0 Å². The quantitative estimate of drug-likeness (QED) is 0.405. The van der Waals surface area contributed by atoms with Crippen LogP contribution in [0.25, 0.3) is 0 Å². The first-order valence-corrected chi connectivity index (χ1v) is 10.8. The number of nitrogens with one attached hydrogen (secondary N) is 2. The highest BCUT2D eigenvalue weighted by Gasteiger charge is 2.39. The summed E-state index contributed by atoms with van der Waals surface area (Å²) in [6.45, 7) is 11.4. The van der Waals surface area contributed by atoms with Crippen molar-refractivity contribution in [2.45, 2.75) is 85.0 Å². The van der Waals surface area contributed by atoms with E-state index in [1.165, 1.54) is 4.90 Å². The lowest BCUT2D eigenvalue weighted by Gasteiger charge is -2.31. The highest BCUT2D eigenvalue weighted by atomic mass is 16.4. The number of likely N-dealkylation sites (tertiary alicyclic amines) is 1. The summed E-state index contributed by atoms with van der Waals surface area (Å²) in [7, 11) is 0. The number of aliphatic carboxylic acids is 1. The number of hydrogen-bond acceptors (Lipinski definition) is 5. The third kappa shape index (κ3) is 6.97. The van der Waals surface area contributed by atoms with Gasteiger partial charge in [-0.15, -0.1) is 0 Å². The number of carboxylic acids is 1. The molecule has 4 unspecified atom stereocenters. The normalized spacial score (nSPS) is 19.7. The van der Waals surface area contributed by atoms with Gasteiger partial charge in [-0.3, -0.25) is 14.4 Å². The van der Waals surface area contributed by atoms with Gasteiger partial charge in [-0.05, 0) is 37.0 Å². The molecule has 0 aromatic carbocycles. The Balaban J connectivity index is 2.92. The lowest BCUT2D eigenvalue weighted by atomic mass is 9.98. The molecule has 5 N–H and O–H groups in total. The van der Waals surface area contributed by atoms with Crippen LogP contribution in [0.5, 0.6) is 0 Å². The molecule has 0 aromatic heterocycles. The fraction of sp³-hybridized carbons (Fsp3) is 0.810. The first-order chi connectivity index (χ1) is 13.9. The van der Waals surface area contributed by atoms with E-state index in [9.17, 15) is 24.3 Å². The van der Waals surface area contributed by atoms with Crippen molar-refractivity contribution in [1.82, 2.24) is 15.5 Å². The Bertz CT molecular complexity index is 635. The van der Waals surface area contributed by atoms with Crippen LogP contribution in [0.4, 0.5) is 0 Å². The van der Waals surface area contributed by atoms with Gasteiger partial charge in [-0.2, -0.15) is 0 Å². The summed E-state index contributed by atoms with van der Waals surface area (Å²) in [6, 6.07) is -3.31. The number of carbonyl (C=O) groups is 4. The van der Waals surface area contributed by atoms with E-state index in [0.29, 0.717) is 25.8 Å². The van der Waals surface area contributed by atoms with E-state index < -0.39 is 47.9 Å². The van der Waals surface area contributed by atoms with Gasteiger partial charge >= 0.3 is 5.97 Å². The van der Waals surface area contributed by atoms with E-state index in [1.807, 2.05) is 13.8 Å². The minimum atomic E-state index is -1.04. The topological polar surface area (TPSA) is 142 Å². The predicted octanol–water partition coefficient (Wildman–Crippen LogP) is 0.717. The molecule has 0 saturated carbocycles. The monoisotopic (exact) mass is 426 g/mol. The third-order valence-corrected chi connectivity index (χ3v) is 5.36. The number of carboxylic acid groups (broad SMARTS) is 1. The van der Waals surface area contributed by atoms with Crippen LogP contribution in [0.15, 0.2) is 0 Å². The molecule has 3 amide bonds. The number of amides is 3. The van der Waals surface area contributed by atoms with Crippen LogP contribution in [0.3, 0.4) is 0 Å². The second kappa shape index (κ2) is 11.3. The van der Waals surface area contributed by atoms with Crippen LogP contribution in [0.2, 0.25) is 0 Å². The molecule has 1 aliphatic rings. The zero-order valence-electron chi connectivity index (χ0n) is 19.0. The zero-order valence-corrected chi connectivity index (χ0v) is 19.0. The minimum Gasteiger partial charge on any atom is -0.480 e. The maximum Gasteiger partial charge on any atom is 0.326 e. The van der Waals surface area contributed by atoms with Crippen LogP contribution < -0.4 is 16.4 Å². The first-order valence-electron chi connectivity index (χ1n) is 10.8. The first kappa shape index (κ1) is 25.9. The molecular weight excluding hydrogens is 388 g/mol. The predicted molar refractivity (Wildman–Crippen MR) is 113 cm³/mol. The smallest absolute Gasteiger partial charge is 0.326 e. The highest BCUT2D eigenvalue weighted by molar-refractivity contribution is 5.94. The molecule has 0 spiro atoms. The summed E-state index contributed by atoms with van der Waals surface area (Å²) in [4.78, 5) is 51.2. The summed E-state index contributed by atoms with van der Waals surface area (Å²) < 4.78 is 0. The second-order valence-corrected chi connectivity index (χ2v) is 9.22. The summed E-state index contributed by atoms with van der Waals surface area (Å²) in [5.41, 5.74) is 5.93. The summed E-state index contributed by atoms with van der Waals surface area (Å²) in [5.74, 6) is -2.56. The second-order valence-electron chi connectivity index (χ2n) is 9.22. The van der Waals surface area contributed by atoms with E-state index in [1.54, 1.807) is 27.7 Å². The summed E-state index contributed by atoms with van der Waals surface area (Å²) in [5, 5.41) is 14.8. The maximum absolute atomic E-state index is 13.0. The number of rotatable bonds is 10. The molecule has 1 heterocycles. The molecule has 4 atom stereocenters. The molecular formula is C21H38N4O5. The Kier molecular flexibility index (Phi) is 9.74. The lowest BCUT2D eigenvalue weighted by Crippen LogP contribution is -2.59. The zero-order chi connectivity index (χ0) is 23.2. The Morgan fingerprint density at radius 2 is 1.50 bits per heavy atom. The molecule has 1 rings (SSSR count). The Hall–Kier alpha value is -2.16. The number of hydrogen-bond donors (Lipinski definition) is 4. The SMILES string of the molecule is CC(C)CC(N)C(=O)NC(C(=O)NC(C(=O)N1CCCC1C(=O)O)C(C)C)C(C)C. The van der Waals surface area contributed by atoms with Gasteiger partial charge in [0.2, 0.25) is 17.7 Å². The Morgan fingerprint density at radius 3 is 1.97 bits per heavy atom. The van der Waals surface area contributed by atoms with Crippen LogP contribution in [-0.4, -0.2) is 64.4 Å². The summed E-state index contributed by atoms with van der Waals surface area (Å²) in [6.07, 6.45) is 1.51. The molecule has 0 bridgehead atoms. The number of nitrogens with two attached hydrogens (primary N) is 1. The average molecular weight is 427 g/mol. The van der Waals surface area contributed by atoms with E-state index >= 15 is 0 Å². The molecule has 0 aromatic rings. The van der Waals surface area contributed by atoms with Crippen LogP contribution >= 0.6 is 0 Å². The van der Waals surface area contributed by atoms with Gasteiger partial charge in [0, 0.05) is 6.54 Å². The van der Waals surface area contributed by atoms with Crippen molar-refractivity contribution >= 4 is 23.7 Å². The van der Waals surface area contributed by atoms with Crippen molar-refractivity contribution in [2.24, 2.45) is 23.5 Å². The fourth-order valence-electron chi connectivity index (χ4n) is 3.63. The molecule has 30 heavy (non-hydrogen) atoms. The molecule has 1 fully saturated rings. The largest absolute Gasteiger partial charge is 0.480 e. The van der Waals surface area contributed by atoms with Gasteiger partial charge in [0.25, 0.3) is 0 Å². The average Bonchev–Trinajstić information content (AvgIpc) is 3.12. The minimum absolute atomic E-state index is 0.221. The van der Waals surface area contributed by atoms with Crippen molar-refractivity contribution in [1.29, 1.82) is 0 Å². The molecule has 0 radical (unpaired) electrons. The third-order valence-electron chi connectivity index (χ3n) is 5.36. The van der Waals surface area contributed by atoms with Crippen molar-refractivity contribution in [3.05, 3.63) is 0 Å². The maximum atomic E-state index is 13.0.